The lowest BCUT2D eigenvalue weighted by molar-refractivity contribution is -0.156. The summed E-state index contributed by atoms with van der Waals surface area (Å²) in [6.07, 6.45) is -2.88. The summed E-state index contributed by atoms with van der Waals surface area (Å²) in [7, 11) is 0.720. The maximum Gasteiger partial charge on any atom is 0.489 e. The van der Waals surface area contributed by atoms with Gasteiger partial charge in [-0.05, 0) is 0 Å². The summed E-state index contributed by atoms with van der Waals surface area (Å²) in [6, 6.07) is 0. The molecule has 0 amide bonds. The van der Waals surface area contributed by atoms with E-state index in [1.165, 1.54) is 0 Å². The highest BCUT2D eigenvalue weighted by molar-refractivity contribution is 6.21. The van der Waals surface area contributed by atoms with Crippen molar-refractivity contribution in [2.24, 2.45) is 0 Å². The minimum atomic E-state index is -1.44. The minimum Gasteiger partial charge on any atom is -0.479 e. The van der Waals surface area contributed by atoms with Crippen LogP contribution in [0.3, 0.4) is 0 Å². The summed E-state index contributed by atoms with van der Waals surface area (Å²) in [5, 5.41) is 16.7. The van der Waals surface area contributed by atoms with Gasteiger partial charge in [0.05, 0.1) is 0 Å². The Balaban J connectivity index is 2.65. The molecule has 0 aromatic carbocycles. The van der Waals surface area contributed by atoms with Gasteiger partial charge in [0.15, 0.2) is 12.2 Å². The van der Waals surface area contributed by atoms with Gasteiger partial charge >= 0.3 is 19.6 Å². The summed E-state index contributed by atoms with van der Waals surface area (Å²) in [5.41, 5.74) is 0. The predicted molar refractivity (Wildman–Crippen MR) is 30.8 cm³/mol. The van der Waals surface area contributed by atoms with Gasteiger partial charge in [0.1, 0.15) is 0 Å². The zero-order chi connectivity index (χ0) is 8.43. The Kier molecular flexibility index (Phi) is 2.11. The lowest BCUT2D eigenvalue weighted by Crippen LogP contribution is -2.36. The molecular weight excluding hydrogens is 155 g/mol. The van der Waals surface area contributed by atoms with Gasteiger partial charge in [-0.15, -0.1) is 0 Å². The maximum absolute atomic E-state index is 10.2. The van der Waals surface area contributed by atoms with Crippen LogP contribution in [0.1, 0.15) is 0 Å². The fourth-order valence-electron chi connectivity index (χ4n) is 0.670. The third kappa shape index (κ3) is 1.49. The lowest BCUT2D eigenvalue weighted by Gasteiger charge is -2.08. The zero-order valence-corrected chi connectivity index (χ0v) is 5.26. The first-order valence-corrected chi connectivity index (χ1v) is 2.71. The van der Waals surface area contributed by atoms with Crippen LogP contribution in [0.5, 0.6) is 0 Å². The Bertz CT molecular complexity index is 171. The summed E-state index contributed by atoms with van der Waals surface area (Å²) in [5.74, 6) is -2.71. The monoisotopic (exact) mass is 159 g/mol. The molecule has 59 valence electrons. The smallest absolute Gasteiger partial charge is 0.479 e. The molecule has 1 aliphatic rings. The van der Waals surface area contributed by atoms with Crippen molar-refractivity contribution in [3.8, 4) is 0 Å². The fraction of sp³-hybridized carbons (Fsp3) is 0.500. The Morgan fingerprint density at radius 2 is 1.45 bits per heavy atom. The quantitative estimate of drug-likeness (QED) is 0.475. The summed E-state index contributed by atoms with van der Waals surface area (Å²) in [6.45, 7) is 0. The molecule has 7 heteroatoms. The van der Waals surface area contributed by atoms with Gasteiger partial charge in [0.25, 0.3) is 0 Å². The van der Waals surface area contributed by atoms with Gasteiger partial charge in [-0.2, -0.15) is 0 Å². The van der Waals surface area contributed by atoms with Crippen LogP contribution in [0.2, 0.25) is 0 Å². The fourth-order valence-corrected chi connectivity index (χ4v) is 0.670. The van der Waals surface area contributed by atoms with E-state index in [1.807, 2.05) is 0 Å². The van der Waals surface area contributed by atoms with Crippen molar-refractivity contribution in [3.05, 3.63) is 0 Å². The van der Waals surface area contributed by atoms with E-state index in [9.17, 15) is 9.59 Å². The van der Waals surface area contributed by atoms with Crippen LogP contribution >= 0.6 is 0 Å². The molecule has 2 atom stereocenters. The van der Waals surface area contributed by atoms with Crippen molar-refractivity contribution in [2.45, 2.75) is 12.2 Å². The molecule has 1 aliphatic heterocycles. The van der Waals surface area contributed by atoms with Crippen LogP contribution in [0.15, 0.2) is 0 Å². The summed E-state index contributed by atoms with van der Waals surface area (Å²) >= 11 is 0. The van der Waals surface area contributed by atoms with Gasteiger partial charge in [-0.25, -0.2) is 9.59 Å². The van der Waals surface area contributed by atoms with E-state index in [0.29, 0.717) is 0 Å². The number of carboxylic acid groups (broad SMARTS) is 2. The Hall–Kier alpha value is -1.08. The van der Waals surface area contributed by atoms with Gasteiger partial charge in [0, 0.05) is 0 Å². The van der Waals surface area contributed by atoms with Gasteiger partial charge in [-0.3, -0.25) is 0 Å². The van der Waals surface area contributed by atoms with Crippen molar-refractivity contribution in [2.75, 3.05) is 0 Å². The van der Waals surface area contributed by atoms with Crippen LogP contribution in [0, 0.1) is 0 Å². The molecule has 0 unspecified atom stereocenters. The van der Waals surface area contributed by atoms with E-state index in [1.54, 1.807) is 0 Å². The third-order valence-electron chi connectivity index (χ3n) is 1.17. The number of hydrogen-bond donors (Lipinski definition) is 2. The molecule has 1 saturated heterocycles. The Labute approximate surface area is 62.0 Å². The molecule has 2 N–H and O–H groups in total. The zero-order valence-electron chi connectivity index (χ0n) is 5.26. The van der Waals surface area contributed by atoms with E-state index in [2.05, 4.69) is 9.31 Å². The second kappa shape index (κ2) is 2.89. The first-order chi connectivity index (χ1) is 5.13. The molecule has 0 aliphatic carbocycles. The topological polar surface area (TPSA) is 93.1 Å². The molecule has 11 heavy (non-hydrogen) atoms. The molecule has 0 spiro atoms. The van der Waals surface area contributed by atoms with Crippen molar-refractivity contribution >= 4 is 19.6 Å². The van der Waals surface area contributed by atoms with Crippen molar-refractivity contribution in [1.29, 1.82) is 0 Å². The molecule has 0 saturated carbocycles. The number of aliphatic carboxylic acids is 2. The largest absolute Gasteiger partial charge is 0.489 e. The molecule has 0 aromatic rings. The van der Waals surface area contributed by atoms with Crippen molar-refractivity contribution in [3.63, 3.8) is 0 Å². The molecule has 1 fully saturated rings. The third-order valence-corrected chi connectivity index (χ3v) is 1.17. The number of rotatable bonds is 2. The van der Waals surface area contributed by atoms with Crippen LogP contribution in [-0.4, -0.2) is 42.0 Å². The highest BCUT2D eigenvalue weighted by atomic mass is 16.7. The predicted octanol–water partition coefficient (Wildman–Crippen LogP) is -1.53. The number of carbonyl (C=O) groups is 2. The summed E-state index contributed by atoms with van der Waals surface area (Å²) < 4.78 is 8.72. The highest BCUT2D eigenvalue weighted by Crippen LogP contribution is 2.11. The average Bonchev–Trinajstić information content (AvgIpc) is 2.32. The lowest BCUT2D eigenvalue weighted by atomic mass is 10.2. The van der Waals surface area contributed by atoms with Gasteiger partial charge < -0.3 is 19.5 Å². The number of hydrogen-bond acceptors (Lipinski definition) is 4. The van der Waals surface area contributed by atoms with E-state index < -0.39 is 24.1 Å². The molecule has 1 radical (unpaired) electrons. The Morgan fingerprint density at radius 1 is 1.09 bits per heavy atom. The molecule has 0 bridgehead atoms. The van der Waals surface area contributed by atoms with E-state index in [-0.39, 0.29) is 0 Å². The van der Waals surface area contributed by atoms with Crippen molar-refractivity contribution < 1.29 is 29.1 Å². The average molecular weight is 159 g/mol. The van der Waals surface area contributed by atoms with E-state index in [4.69, 9.17) is 10.2 Å². The molecule has 1 heterocycles. The summed E-state index contributed by atoms with van der Waals surface area (Å²) in [4.78, 5) is 20.5. The van der Waals surface area contributed by atoms with Gasteiger partial charge in [0.2, 0.25) is 0 Å². The highest BCUT2D eigenvalue weighted by Gasteiger charge is 2.41. The standard InChI is InChI=1S/C4H4BO6/c6-3(7)1-2(4(8)9)11-5-10-1/h1-2H,(H,6,7)(H,8,9)/t1-,2-/m0/s1. The minimum absolute atomic E-state index is 0.720. The molecular formula is C4H4BO6. The van der Waals surface area contributed by atoms with Crippen LogP contribution in [-0.2, 0) is 18.9 Å². The Morgan fingerprint density at radius 3 is 1.73 bits per heavy atom. The second-order valence-corrected chi connectivity index (χ2v) is 1.89. The SMILES string of the molecule is O=C(O)[C@H]1O[B]O[C@@H]1C(=O)O. The van der Waals surface area contributed by atoms with Crippen LogP contribution in [0.25, 0.3) is 0 Å². The second-order valence-electron chi connectivity index (χ2n) is 1.89. The maximum atomic E-state index is 10.2. The molecule has 1 rings (SSSR count). The first-order valence-electron chi connectivity index (χ1n) is 2.71. The number of carboxylic acids is 2. The van der Waals surface area contributed by atoms with Crippen LogP contribution < -0.4 is 0 Å². The van der Waals surface area contributed by atoms with Crippen molar-refractivity contribution in [1.82, 2.24) is 0 Å². The van der Waals surface area contributed by atoms with E-state index in [0.717, 1.165) is 7.69 Å². The van der Waals surface area contributed by atoms with Crippen LogP contribution in [0.4, 0.5) is 0 Å². The normalized spacial score (nSPS) is 29.5. The first kappa shape index (κ1) is 8.03. The molecule has 0 aromatic heterocycles. The van der Waals surface area contributed by atoms with E-state index >= 15 is 0 Å². The molecule has 6 nitrogen and oxygen atoms in total. The van der Waals surface area contributed by atoms with Gasteiger partial charge in [-0.1, -0.05) is 0 Å².